The highest BCUT2D eigenvalue weighted by molar-refractivity contribution is 5.90. The summed E-state index contributed by atoms with van der Waals surface area (Å²) in [6.07, 6.45) is 2.62. The van der Waals surface area contributed by atoms with Crippen LogP contribution in [0.5, 0.6) is 5.75 Å². The van der Waals surface area contributed by atoms with Crippen LogP contribution in [0.3, 0.4) is 0 Å². The minimum Gasteiger partial charge on any atom is -0.424 e. The topological polar surface area (TPSA) is 171 Å². The molecule has 0 aliphatic carbocycles. The van der Waals surface area contributed by atoms with Crippen molar-refractivity contribution in [2.24, 2.45) is 27.6 Å². The first-order chi connectivity index (χ1) is 14.9. The molecule has 0 saturated carbocycles. The number of nitrogen functional groups attached to an aromatic ring is 1. The van der Waals surface area contributed by atoms with Crippen molar-refractivity contribution in [3.63, 3.8) is 0 Å². The van der Waals surface area contributed by atoms with Crippen molar-refractivity contribution in [2.75, 3.05) is 24.1 Å². The number of azo groups is 1. The molecule has 0 bridgehead atoms. The van der Waals surface area contributed by atoms with Gasteiger partial charge in [0.1, 0.15) is 17.2 Å². The molecule has 0 spiro atoms. The number of ether oxygens (including phenoxy) is 1. The molecule has 1 heterocycles. The Labute approximate surface area is 181 Å². The highest BCUT2D eigenvalue weighted by atomic mass is 16.5. The first kappa shape index (κ1) is 23.9. The Hall–Kier alpha value is -3.37. The number of para-hydroxylation sites is 1. The molecule has 0 aliphatic rings. The number of aromatic nitrogens is 1. The number of hydrogen-bond acceptors (Lipinski definition) is 9. The Bertz CT molecular complexity index is 918. The van der Waals surface area contributed by atoms with Gasteiger partial charge < -0.3 is 27.3 Å². The van der Waals surface area contributed by atoms with Crippen LogP contribution in [-0.2, 0) is 9.59 Å². The zero-order valence-electron chi connectivity index (χ0n) is 17.6. The molecule has 31 heavy (non-hydrogen) atoms. The van der Waals surface area contributed by atoms with E-state index >= 15 is 0 Å². The van der Waals surface area contributed by atoms with Crippen LogP contribution in [0.25, 0.3) is 0 Å². The minimum atomic E-state index is -0.335. The smallest absolute Gasteiger partial charge is 0.314 e. The first-order valence-electron chi connectivity index (χ1n) is 10.1. The van der Waals surface area contributed by atoms with E-state index in [-0.39, 0.29) is 36.6 Å². The molecule has 0 aliphatic heterocycles. The van der Waals surface area contributed by atoms with Crippen molar-refractivity contribution in [3.05, 3.63) is 36.4 Å². The number of nitrogens with one attached hydrogen (secondary N) is 1. The summed E-state index contributed by atoms with van der Waals surface area (Å²) in [6, 6.07) is 9.97. The number of hydrogen-bond donors (Lipinski definition) is 4. The van der Waals surface area contributed by atoms with E-state index in [1.165, 1.54) is 0 Å². The Kier molecular flexibility index (Phi) is 9.53. The second kappa shape index (κ2) is 12.4. The van der Waals surface area contributed by atoms with Gasteiger partial charge >= 0.3 is 5.97 Å². The van der Waals surface area contributed by atoms with E-state index in [1.54, 1.807) is 36.4 Å². The van der Waals surface area contributed by atoms with Gasteiger partial charge in [0, 0.05) is 13.0 Å². The second-order valence-corrected chi connectivity index (χ2v) is 6.96. The maximum absolute atomic E-state index is 12.4. The van der Waals surface area contributed by atoms with Crippen LogP contribution in [0.2, 0.25) is 0 Å². The van der Waals surface area contributed by atoms with Crippen molar-refractivity contribution in [3.8, 4) is 5.75 Å². The van der Waals surface area contributed by atoms with E-state index in [2.05, 4.69) is 20.5 Å². The van der Waals surface area contributed by atoms with Gasteiger partial charge in [-0.05, 0) is 43.7 Å². The largest absolute Gasteiger partial charge is 0.424 e. The van der Waals surface area contributed by atoms with E-state index in [0.29, 0.717) is 35.9 Å². The van der Waals surface area contributed by atoms with Gasteiger partial charge in [-0.15, -0.1) is 10.2 Å². The molecule has 166 valence electrons. The van der Waals surface area contributed by atoms with Gasteiger partial charge in [0.15, 0.2) is 11.6 Å². The minimum absolute atomic E-state index is 0.0947. The lowest BCUT2D eigenvalue weighted by molar-refractivity contribution is -0.138. The molecule has 10 nitrogen and oxygen atoms in total. The summed E-state index contributed by atoms with van der Waals surface area (Å²) in [5.74, 6) is -0.141. The quantitative estimate of drug-likeness (QED) is 0.185. The number of nitrogens with two attached hydrogens (primary N) is 3. The predicted octanol–water partition coefficient (Wildman–Crippen LogP) is 3.04. The normalized spacial score (nSPS) is 12.0. The molecule has 7 N–H and O–H groups in total. The van der Waals surface area contributed by atoms with Crippen LogP contribution in [-0.4, -0.2) is 29.9 Å². The van der Waals surface area contributed by atoms with Gasteiger partial charge in [0.25, 0.3) is 0 Å². The predicted molar refractivity (Wildman–Crippen MR) is 119 cm³/mol. The van der Waals surface area contributed by atoms with Gasteiger partial charge in [0.05, 0.1) is 5.92 Å². The van der Waals surface area contributed by atoms with Crippen LogP contribution in [0.4, 0.5) is 23.0 Å². The third-order valence-electron chi connectivity index (χ3n) is 4.38. The third-order valence-corrected chi connectivity index (χ3v) is 4.38. The summed E-state index contributed by atoms with van der Waals surface area (Å²) in [5.41, 5.74) is 17.5. The average molecular weight is 428 g/mol. The summed E-state index contributed by atoms with van der Waals surface area (Å²) >= 11 is 0. The number of anilines is 2. The van der Waals surface area contributed by atoms with Crippen molar-refractivity contribution in [1.29, 1.82) is 0 Å². The lowest BCUT2D eigenvalue weighted by Crippen LogP contribution is -2.18. The highest BCUT2D eigenvalue weighted by Crippen LogP contribution is 2.31. The molecule has 1 aromatic carbocycles. The van der Waals surface area contributed by atoms with Gasteiger partial charge in [-0.1, -0.05) is 25.5 Å². The Morgan fingerprint density at radius 3 is 2.52 bits per heavy atom. The number of carbonyl (C=O) groups is 2. The fraction of sp³-hybridized carbons (Fsp3) is 0.381. The zero-order valence-corrected chi connectivity index (χ0v) is 17.6. The average Bonchev–Trinajstić information content (AvgIpc) is 2.74. The van der Waals surface area contributed by atoms with Crippen molar-refractivity contribution >= 4 is 34.9 Å². The lowest BCUT2D eigenvalue weighted by atomic mass is 10.0. The molecule has 0 unspecified atom stereocenters. The molecular formula is C21H29N7O3. The molecule has 0 radical (unpaired) electrons. The van der Waals surface area contributed by atoms with Gasteiger partial charge in [-0.2, -0.15) is 0 Å². The van der Waals surface area contributed by atoms with Crippen molar-refractivity contribution in [2.45, 2.75) is 32.6 Å². The number of nitrogens with zero attached hydrogens (tertiary/aromatic N) is 3. The summed E-state index contributed by atoms with van der Waals surface area (Å²) in [7, 11) is 0. The first-order valence-corrected chi connectivity index (χ1v) is 10.1. The van der Waals surface area contributed by atoms with Gasteiger partial charge in [0.2, 0.25) is 5.91 Å². The van der Waals surface area contributed by atoms with Crippen molar-refractivity contribution in [1.82, 2.24) is 4.98 Å². The van der Waals surface area contributed by atoms with Crippen LogP contribution < -0.4 is 27.3 Å². The van der Waals surface area contributed by atoms with Crippen LogP contribution in [0.1, 0.15) is 32.6 Å². The van der Waals surface area contributed by atoms with E-state index in [0.717, 1.165) is 12.8 Å². The van der Waals surface area contributed by atoms with E-state index < -0.39 is 0 Å². The molecule has 2 rings (SSSR count). The number of esters is 1. The Morgan fingerprint density at radius 1 is 1.06 bits per heavy atom. The Morgan fingerprint density at radius 2 is 1.81 bits per heavy atom. The van der Waals surface area contributed by atoms with Gasteiger partial charge in [-0.3, -0.25) is 9.59 Å². The van der Waals surface area contributed by atoms with E-state index in [9.17, 15) is 9.59 Å². The molecule has 10 heteroatoms. The van der Waals surface area contributed by atoms with Crippen LogP contribution in [0.15, 0.2) is 46.6 Å². The zero-order chi connectivity index (χ0) is 22.6. The number of rotatable bonds is 11. The second-order valence-electron chi connectivity index (χ2n) is 6.96. The molecule has 1 amide bonds. The number of benzene rings is 1. The number of pyridine rings is 1. The monoisotopic (exact) mass is 427 g/mol. The maximum atomic E-state index is 12.4. The lowest BCUT2D eigenvalue weighted by Gasteiger charge is -2.12. The number of unbranched alkanes of at least 4 members (excludes halogenated alkanes) is 1. The SMILES string of the molecule is C[C@@H](CCCCN)C(=O)Oc1ccccc1/N=N/c1ccc(NC(=O)CCN)nc1N. The molecule has 0 saturated heterocycles. The Balaban J connectivity index is 2.08. The van der Waals surface area contributed by atoms with Crippen LogP contribution >= 0.6 is 0 Å². The number of amides is 1. The molecule has 0 fully saturated rings. The summed E-state index contributed by atoms with van der Waals surface area (Å²) < 4.78 is 5.51. The molecule has 1 aromatic heterocycles. The fourth-order valence-corrected chi connectivity index (χ4v) is 2.61. The standard InChI is InChI=1S/C21H29N7O3/c1-14(6-4-5-12-22)21(30)31-17-8-3-2-7-15(17)27-28-16-9-10-18(26-20(16)24)25-19(29)11-13-23/h2-3,7-10,14H,4-6,11-13,22-23H2,1H3,(H3,24,25,26,29)/b28-27+/t14-/m0/s1. The molecule has 1 atom stereocenters. The summed E-state index contributed by atoms with van der Waals surface area (Å²) in [5, 5.41) is 10.9. The van der Waals surface area contributed by atoms with Gasteiger partial charge in [-0.25, -0.2) is 4.98 Å². The molecule has 2 aromatic rings. The fourth-order valence-electron chi connectivity index (χ4n) is 2.61. The number of carbonyl (C=O) groups excluding carboxylic acids is 2. The van der Waals surface area contributed by atoms with E-state index in [4.69, 9.17) is 21.9 Å². The third kappa shape index (κ3) is 7.76. The van der Waals surface area contributed by atoms with Crippen molar-refractivity contribution < 1.29 is 14.3 Å². The highest BCUT2D eigenvalue weighted by Gasteiger charge is 2.16. The van der Waals surface area contributed by atoms with E-state index in [1.807, 2.05) is 6.92 Å². The molecular weight excluding hydrogens is 398 g/mol. The summed E-state index contributed by atoms with van der Waals surface area (Å²) in [6.45, 7) is 2.66. The van der Waals surface area contributed by atoms with Crippen LogP contribution in [0, 0.1) is 5.92 Å². The maximum Gasteiger partial charge on any atom is 0.314 e. The summed E-state index contributed by atoms with van der Waals surface area (Å²) in [4.78, 5) is 28.1.